The first-order valence-electron chi connectivity index (χ1n) is 11.2. The van der Waals surface area contributed by atoms with Crippen LogP contribution in [0.1, 0.15) is 17.0 Å². The van der Waals surface area contributed by atoms with Gasteiger partial charge in [-0.3, -0.25) is 9.78 Å². The number of fused-ring (bicyclic) bond motifs is 1. The summed E-state index contributed by atoms with van der Waals surface area (Å²) in [5, 5.41) is 0.379. The lowest BCUT2D eigenvalue weighted by molar-refractivity contribution is 0.285. The van der Waals surface area contributed by atoms with E-state index in [0.29, 0.717) is 52.5 Å². The number of pyridine rings is 1. The van der Waals surface area contributed by atoms with Crippen LogP contribution in [-0.2, 0) is 13.0 Å². The Labute approximate surface area is 205 Å². The summed E-state index contributed by atoms with van der Waals surface area (Å²) in [6, 6.07) is 19.7. The van der Waals surface area contributed by atoms with Gasteiger partial charge in [0.1, 0.15) is 24.1 Å². The smallest absolute Gasteiger partial charge is 0.258 e. The summed E-state index contributed by atoms with van der Waals surface area (Å²) in [6.07, 6.45) is 1.90. The molecule has 180 valence electrons. The quantitative estimate of drug-likeness (QED) is 0.332. The number of hydrogen-bond acceptors (Lipinski definition) is 5. The van der Waals surface area contributed by atoms with Crippen LogP contribution in [0.3, 0.4) is 0 Å². The minimum absolute atomic E-state index is 0.303. The Balaban J connectivity index is 1.41. The maximum atomic E-state index is 13.5. The van der Waals surface area contributed by atoms with Gasteiger partial charge in [0.25, 0.3) is 5.56 Å². The summed E-state index contributed by atoms with van der Waals surface area (Å²) in [7, 11) is 1.52. The molecule has 0 radical (unpaired) electrons. The van der Waals surface area contributed by atoms with Crippen LogP contribution in [-0.4, -0.2) is 22.1 Å². The van der Waals surface area contributed by atoms with Gasteiger partial charge in [0, 0.05) is 30.3 Å². The molecule has 1 N–H and O–H groups in total. The normalized spacial score (nSPS) is 11.0. The Hall–Kier alpha value is -4.59. The molecule has 8 heteroatoms. The molecule has 36 heavy (non-hydrogen) atoms. The summed E-state index contributed by atoms with van der Waals surface area (Å²) in [5.74, 6) is 0.0199. The van der Waals surface area contributed by atoms with E-state index in [2.05, 4.69) is 15.0 Å². The Morgan fingerprint density at radius 2 is 1.67 bits per heavy atom. The molecule has 0 bridgehead atoms. The largest absolute Gasteiger partial charge is 0.493 e. The second-order valence-corrected chi connectivity index (χ2v) is 8.19. The van der Waals surface area contributed by atoms with Crippen molar-refractivity contribution >= 4 is 10.9 Å². The molecule has 0 saturated carbocycles. The van der Waals surface area contributed by atoms with Crippen molar-refractivity contribution in [3.8, 4) is 22.8 Å². The van der Waals surface area contributed by atoms with Gasteiger partial charge in [-0.2, -0.15) is 0 Å². The summed E-state index contributed by atoms with van der Waals surface area (Å²) in [5.41, 5.74) is 2.71. The predicted molar refractivity (Wildman–Crippen MR) is 132 cm³/mol. The summed E-state index contributed by atoms with van der Waals surface area (Å²) < 4.78 is 38.4. The van der Waals surface area contributed by atoms with Crippen molar-refractivity contribution in [2.75, 3.05) is 7.11 Å². The fraction of sp³-hybridized carbons (Fsp3) is 0.107. The highest BCUT2D eigenvalue weighted by Gasteiger charge is 2.13. The van der Waals surface area contributed by atoms with Crippen LogP contribution in [0.25, 0.3) is 22.2 Å². The van der Waals surface area contributed by atoms with Crippen molar-refractivity contribution in [2.24, 2.45) is 0 Å². The lowest BCUT2D eigenvalue weighted by Gasteiger charge is -2.12. The van der Waals surface area contributed by atoms with E-state index in [1.807, 2.05) is 30.3 Å². The van der Waals surface area contributed by atoms with Gasteiger partial charge in [0.15, 0.2) is 11.5 Å². The number of hydrogen-bond donors (Lipinski definition) is 1. The fourth-order valence-corrected chi connectivity index (χ4v) is 3.88. The molecule has 0 saturated heterocycles. The molecule has 3 aromatic carbocycles. The number of rotatable bonds is 7. The summed E-state index contributed by atoms with van der Waals surface area (Å²) in [4.78, 5) is 24.5. The number of aromatic nitrogens is 3. The zero-order valence-corrected chi connectivity index (χ0v) is 19.3. The minimum Gasteiger partial charge on any atom is -0.493 e. The van der Waals surface area contributed by atoms with Crippen LogP contribution < -0.4 is 15.0 Å². The molecule has 0 fully saturated rings. The van der Waals surface area contributed by atoms with Crippen molar-refractivity contribution in [2.45, 2.75) is 13.0 Å². The molecule has 0 aliphatic carbocycles. The van der Waals surface area contributed by atoms with Gasteiger partial charge in [0.2, 0.25) is 0 Å². The monoisotopic (exact) mass is 485 g/mol. The topological polar surface area (TPSA) is 77.1 Å². The van der Waals surface area contributed by atoms with Crippen molar-refractivity contribution < 1.29 is 18.3 Å². The van der Waals surface area contributed by atoms with Gasteiger partial charge >= 0.3 is 0 Å². The third kappa shape index (κ3) is 5.07. The Bertz CT molecular complexity index is 1570. The van der Waals surface area contributed by atoms with Crippen molar-refractivity contribution in [3.63, 3.8) is 0 Å². The molecule has 5 rings (SSSR count). The standard InChI is InChI=1S/C28H21F2N3O3/c1-35-25-13-22-24(14-26(25)36-16-17-5-3-2-4-6-17)32-27(33-28(22)34)9-18-7-8-23(31-15-18)19-10-20(29)12-21(30)11-19/h2-8,10-15H,9,16H2,1H3,(H,32,33,34). The second-order valence-electron chi connectivity index (χ2n) is 8.19. The number of aromatic amines is 1. The van der Waals surface area contributed by atoms with Gasteiger partial charge in [-0.05, 0) is 35.4 Å². The highest BCUT2D eigenvalue weighted by Crippen LogP contribution is 2.31. The van der Waals surface area contributed by atoms with E-state index < -0.39 is 11.6 Å². The van der Waals surface area contributed by atoms with Crippen LogP contribution in [0.4, 0.5) is 8.78 Å². The predicted octanol–water partition coefficient (Wildman–Crippen LogP) is 5.44. The molecular formula is C28H21F2N3O3. The van der Waals surface area contributed by atoms with Crippen LogP contribution >= 0.6 is 0 Å². The number of benzene rings is 3. The molecule has 0 unspecified atom stereocenters. The van der Waals surface area contributed by atoms with E-state index in [4.69, 9.17) is 9.47 Å². The molecule has 0 aliphatic heterocycles. The van der Waals surface area contributed by atoms with Gasteiger partial charge < -0.3 is 14.5 Å². The Morgan fingerprint density at radius 1 is 0.889 bits per heavy atom. The second kappa shape index (κ2) is 9.95. The van der Waals surface area contributed by atoms with Crippen LogP contribution in [0.5, 0.6) is 11.5 Å². The molecule has 6 nitrogen and oxygen atoms in total. The number of nitrogens with zero attached hydrogens (tertiary/aromatic N) is 2. The van der Waals surface area contributed by atoms with Gasteiger partial charge in [-0.25, -0.2) is 13.8 Å². The third-order valence-electron chi connectivity index (χ3n) is 5.63. The van der Waals surface area contributed by atoms with E-state index in [-0.39, 0.29) is 5.56 Å². The summed E-state index contributed by atoms with van der Waals surface area (Å²) >= 11 is 0. The first-order chi connectivity index (χ1) is 17.5. The molecular weight excluding hydrogens is 464 g/mol. The van der Waals surface area contributed by atoms with Crippen LogP contribution in [0.15, 0.2) is 83.8 Å². The molecule has 0 atom stereocenters. The highest BCUT2D eigenvalue weighted by atomic mass is 19.1. The number of methoxy groups -OCH3 is 1. The number of nitrogens with one attached hydrogen (secondary N) is 1. The average molecular weight is 485 g/mol. The van der Waals surface area contributed by atoms with Crippen molar-refractivity contribution in [3.05, 3.63) is 118 Å². The molecule has 0 amide bonds. The molecule has 2 aromatic heterocycles. The van der Waals surface area contributed by atoms with Gasteiger partial charge in [-0.1, -0.05) is 36.4 Å². The van der Waals surface area contributed by atoms with Crippen molar-refractivity contribution in [1.29, 1.82) is 0 Å². The molecule has 0 aliphatic rings. The Morgan fingerprint density at radius 3 is 2.36 bits per heavy atom. The first-order valence-corrected chi connectivity index (χ1v) is 11.2. The maximum Gasteiger partial charge on any atom is 0.258 e. The third-order valence-corrected chi connectivity index (χ3v) is 5.63. The van der Waals surface area contributed by atoms with E-state index in [9.17, 15) is 13.6 Å². The number of H-pyrrole nitrogens is 1. The zero-order chi connectivity index (χ0) is 25.1. The molecule has 5 aromatic rings. The lowest BCUT2D eigenvalue weighted by Crippen LogP contribution is -2.13. The van der Waals surface area contributed by atoms with E-state index in [1.165, 1.54) is 19.2 Å². The fourth-order valence-electron chi connectivity index (χ4n) is 3.88. The van der Waals surface area contributed by atoms with Crippen LogP contribution in [0, 0.1) is 11.6 Å². The van der Waals surface area contributed by atoms with E-state index >= 15 is 0 Å². The van der Waals surface area contributed by atoms with Gasteiger partial charge in [-0.15, -0.1) is 0 Å². The van der Waals surface area contributed by atoms with Crippen molar-refractivity contribution in [1.82, 2.24) is 15.0 Å². The molecule has 0 spiro atoms. The first kappa shape index (κ1) is 23.2. The lowest BCUT2D eigenvalue weighted by atomic mass is 10.1. The number of halogens is 2. The van der Waals surface area contributed by atoms with Gasteiger partial charge in [0.05, 0.1) is 23.7 Å². The SMILES string of the molecule is COc1cc2c(=O)[nH]c(Cc3ccc(-c4cc(F)cc(F)c4)nc3)nc2cc1OCc1ccccc1. The average Bonchev–Trinajstić information content (AvgIpc) is 2.87. The zero-order valence-electron chi connectivity index (χ0n) is 19.3. The minimum atomic E-state index is -0.669. The van der Waals surface area contributed by atoms with E-state index in [0.717, 1.165) is 17.2 Å². The highest BCUT2D eigenvalue weighted by molar-refractivity contribution is 5.81. The van der Waals surface area contributed by atoms with Crippen LogP contribution in [0.2, 0.25) is 0 Å². The Kier molecular flexibility index (Phi) is 6.40. The number of ether oxygens (including phenoxy) is 2. The van der Waals surface area contributed by atoms with E-state index in [1.54, 1.807) is 30.5 Å². The summed E-state index contributed by atoms with van der Waals surface area (Å²) in [6.45, 7) is 0.339. The maximum absolute atomic E-state index is 13.5. The molecule has 2 heterocycles.